The summed E-state index contributed by atoms with van der Waals surface area (Å²) in [5.41, 5.74) is 15.3. The lowest BCUT2D eigenvalue weighted by Crippen LogP contribution is -2.32. The number of unbranched alkanes of at least 4 members (excludes halogenated alkanes) is 2. The Hall–Kier alpha value is -1.18. The van der Waals surface area contributed by atoms with Gasteiger partial charge in [-0.1, -0.05) is 6.42 Å². The minimum Gasteiger partial charge on any atom is -0.481 e. The monoisotopic (exact) mass is 235 g/mol. The molecule has 0 saturated heterocycles. The Morgan fingerprint density at radius 3 is 1.62 bits per heavy atom. The average Bonchev–Trinajstić information content (AvgIpc) is 2.18. The van der Waals surface area contributed by atoms with Gasteiger partial charge in [-0.15, -0.1) is 0 Å². The number of carboxylic acids is 2. The molecule has 0 bridgehead atoms. The fourth-order valence-electron chi connectivity index (χ4n) is 0.741. The third-order valence-corrected chi connectivity index (χ3v) is 1.62. The Kier molecular flexibility index (Phi) is 12.8. The molecule has 0 fully saturated rings. The summed E-state index contributed by atoms with van der Waals surface area (Å²) in [7, 11) is 0. The zero-order chi connectivity index (χ0) is 13.0. The van der Waals surface area contributed by atoms with Gasteiger partial charge in [-0.05, 0) is 25.9 Å². The van der Waals surface area contributed by atoms with E-state index in [2.05, 4.69) is 0 Å². The van der Waals surface area contributed by atoms with Crippen molar-refractivity contribution in [3.63, 3.8) is 0 Å². The van der Waals surface area contributed by atoms with Crippen LogP contribution in [0.25, 0.3) is 0 Å². The minimum absolute atomic E-state index is 0.532. The molecule has 7 heteroatoms. The van der Waals surface area contributed by atoms with Crippen molar-refractivity contribution < 1.29 is 19.8 Å². The Labute approximate surface area is 94.6 Å². The maximum absolute atomic E-state index is 9.85. The fourth-order valence-corrected chi connectivity index (χ4v) is 0.741. The van der Waals surface area contributed by atoms with Gasteiger partial charge in [0.05, 0.1) is 6.42 Å². The molecule has 0 aliphatic carbocycles. The van der Waals surface area contributed by atoms with E-state index in [0.717, 1.165) is 25.9 Å². The predicted molar refractivity (Wildman–Crippen MR) is 59.8 cm³/mol. The lowest BCUT2D eigenvalue weighted by molar-refractivity contribution is -0.144. The van der Waals surface area contributed by atoms with Crippen LogP contribution < -0.4 is 17.2 Å². The van der Waals surface area contributed by atoms with E-state index < -0.39 is 24.4 Å². The first-order chi connectivity index (χ1) is 7.45. The molecule has 7 nitrogen and oxygen atoms in total. The van der Waals surface area contributed by atoms with Crippen LogP contribution in [0.1, 0.15) is 25.7 Å². The van der Waals surface area contributed by atoms with Crippen molar-refractivity contribution in [2.24, 2.45) is 17.2 Å². The molecule has 0 unspecified atom stereocenters. The molecule has 8 N–H and O–H groups in total. The highest BCUT2D eigenvalue weighted by Crippen LogP contribution is 1.88. The molecule has 1 atom stereocenters. The van der Waals surface area contributed by atoms with Crippen molar-refractivity contribution in [2.45, 2.75) is 31.7 Å². The normalized spacial score (nSPS) is 11.2. The molecule has 16 heavy (non-hydrogen) atoms. The van der Waals surface area contributed by atoms with E-state index in [-0.39, 0.29) is 0 Å². The molecule has 0 aliphatic heterocycles. The van der Waals surface area contributed by atoms with Gasteiger partial charge in [0, 0.05) is 0 Å². The van der Waals surface area contributed by atoms with Crippen LogP contribution in [0, 0.1) is 0 Å². The van der Waals surface area contributed by atoms with E-state index in [0.29, 0.717) is 0 Å². The van der Waals surface area contributed by atoms with Gasteiger partial charge in [0.15, 0.2) is 0 Å². The summed E-state index contributed by atoms with van der Waals surface area (Å²) >= 11 is 0. The van der Waals surface area contributed by atoms with Crippen LogP contribution in [0.2, 0.25) is 0 Å². The first-order valence-electron chi connectivity index (χ1n) is 5.06. The molecule has 0 spiro atoms. The third kappa shape index (κ3) is 15.3. The van der Waals surface area contributed by atoms with Crippen molar-refractivity contribution in [3.05, 3.63) is 0 Å². The Balaban J connectivity index is 0. The number of hydrogen-bond donors (Lipinski definition) is 5. The summed E-state index contributed by atoms with van der Waals surface area (Å²) in [5, 5.41) is 16.0. The lowest BCUT2D eigenvalue weighted by atomic mass is 10.2. The smallest absolute Gasteiger partial charge is 0.321 e. The van der Waals surface area contributed by atoms with Crippen LogP contribution in [-0.4, -0.2) is 41.3 Å². The Morgan fingerprint density at radius 1 is 1.00 bits per heavy atom. The van der Waals surface area contributed by atoms with Gasteiger partial charge in [-0.2, -0.15) is 0 Å². The molecule has 0 aliphatic rings. The highest BCUT2D eigenvalue weighted by Gasteiger charge is 2.14. The average molecular weight is 235 g/mol. The number of rotatable bonds is 7. The summed E-state index contributed by atoms with van der Waals surface area (Å²) in [6.45, 7) is 1.61. The molecule has 0 saturated carbocycles. The summed E-state index contributed by atoms with van der Waals surface area (Å²) in [6, 6.07) is -1.29. The topological polar surface area (TPSA) is 153 Å². The molecular weight excluding hydrogens is 214 g/mol. The van der Waals surface area contributed by atoms with E-state index in [1.807, 2.05) is 0 Å². The van der Waals surface area contributed by atoms with E-state index in [1.54, 1.807) is 0 Å². The number of nitrogens with two attached hydrogens (primary N) is 3. The van der Waals surface area contributed by atoms with Crippen LogP contribution >= 0.6 is 0 Å². The van der Waals surface area contributed by atoms with E-state index in [1.165, 1.54) is 6.42 Å². The highest BCUT2D eigenvalue weighted by molar-refractivity contribution is 5.80. The van der Waals surface area contributed by atoms with Crippen LogP contribution in [0.3, 0.4) is 0 Å². The molecule has 0 aromatic heterocycles. The number of carbonyl (C=O) groups is 2. The summed E-state index contributed by atoms with van der Waals surface area (Å²) in [4.78, 5) is 19.6. The van der Waals surface area contributed by atoms with Crippen molar-refractivity contribution in [1.29, 1.82) is 0 Å². The zero-order valence-corrected chi connectivity index (χ0v) is 9.26. The van der Waals surface area contributed by atoms with Gasteiger partial charge in [0.1, 0.15) is 6.04 Å². The molecule has 0 aromatic rings. The molecule has 0 rings (SSSR count). The largest absolute Gasteiger partial charge is 0.481 e. The van der Waals surface area contributed by atoms with Gasteiger partial charge in [0.25, 0.3) is 0 Å². The van der Waals surface area contributed by atoms with Gasteiger partial charge in [-0.3, -0.25) is 9.59 Å². The van der Waals surface area contributed by atoms with Gasteiger partial charge < -0.3 is 27.4 Å². The summed E-state index contributed by atoms with van der Waals surface area (Å²) in [5.74, 6) is -2.50. The van der Waals surface area contributed by atoms with E-state index in [4.69, 9.17) is 27.4 Å². The first kappa shape index (κ1) is 17.2. The number of aliphatic carboxylic acids is 2. The molecular formula is C9H21N3O4. The predicted octanol–water partition coefficient (Wildman–Crippen LogP) is -1.05. The van der Waals surface area contributed by atoms with Gasteiger partial charge in [0.2, 0.25) is 0 Å². The second kappa shape index (κ2) is 11.9. The number of hydrogen-bond acceptors (Lipinski definition) is 5. The van der Waals surface area contributed by atoms with Gasteiger partial charge in [-0.25, -0.2) is 0 Å². The van der Waals surface area contributed by atoms with Crippen molar-refractivity contribution in [2.75, 3.05) is 13.1 Å². The van der Waals surface area contributed by atoms with Crippen LogP contribution in [0.4, 0.5) is 0 Å². The maximum Gasteiger partial charge on any atom is 0.321 e. The standard InChI is InChI=1S/C5H14N2.C4H7NO4/c6-4-2-1-3-5-7;5-2(4(8)9)1-3(6)7/h1-7H2;2H,1,5H2,(H,6,7)(H,8,9)/t;2-/m.0/s1. The second-order valence-corrected chi connectivity index (χ2v) is 3.18. The van der Waals surface area contributed by atoms with Crippen LogP contribution in [0.15, 0.2) is 0 Å². The number of carboxylic acid groups (broad SMARTS) is 2. The van der Waals surface area contributed by atoms with E-state index >= 15 is 0 Å². The quantitative estimate of drug-likeness (QED) is 0.353. The summed E-state index contributed by atoms with van der Waals surface area (Å²) in [6.07, 6.45) is 2.90. The zero-order valence-electron chi connectivity index (χ0n) is 9.26. The first-order valence-corrected chi connectivity index (χ1v) is 5.06. The molecule has 0 aromatic carbocycles. The Bertz CT molecular complexity index is 195. The van der Waals surface area contributed by atoms with Crippen molar-refractivity contribution in [1.82, 2.24) is 0 Å². The van der Waals surface area contributed by atoms with Crippen molar-refractivity contribution >= 4 is 11.9 Å². The maximum atomic E-state index is 9.85. The van der Waals surface area contributed by atoms with Crippen molar-refractivity contribution in [3.8, 4) is 0 Å². The lowest BCUT2D eigenvalue weighted by Gasteiger charge is -1.99. The Morgan fingerprint density at radius 2 is 1.44 bits per heavy atom. The second-order valence-electron chi connectivity index (χ2n) is 3.18. The van der Waals surface area contributed by atoms with Crippen LogP contribution in [-0.2, 0) is 9.59 Å². The fraction of sp³-hybridized carbons (Fsp3) is 0.778. The molecule has 0 amide bonds. The summed E-state index contributed by atoms with van der Waals surface area (Å²) < 4.78 is 0. The van der Waals surface area contributed by atoms with Gasteiger partial charge >= 0.3 is 11.9 Å². The highest BCUT2D eigenvalue weighted by atomic mass is 16.4. The SMILES string of the molecule is NCCCCCN.N[C@@H](CC(=O)O)C(=O)O. The minimum atomic E-state index is -1.29. The van der Waals surface area contributed by atoms with E-state index in [9.17, 15) is 9.59 Å². The molecule has 0 heterocycles. The third-order valence-electron chi connectivity index (χ3n) is 1.62. The van der Waals surface area contributed by atoms with Crippen LogP contribution in [0.5, 0.6) is 0 Å². The molecule has 96 valence electrons. The molecule has 0 radical (unpaired) electrons.